The molecule has 0 spiro atoms. The first kappa shape index (κ1) is 25.7. The van der Waals surface area contributed by atoms with Gasteiger partial charge in [-0.15, -0.1) is 11.8 Å². The number of aliphatic hydroxyl groups is 1. The highest BCUT2D eigenvalue weighted by atomic mass is 32.2. The van der Waals surface area contributed by atoms with Crippen LogP contribution in [-0.4, -0.2) is 64.2 Å². The summed E-state index contributed by atoms with van der Waals surface area (Å²) in [4.78, 5) is 26.0. The molecule has 1 fully saturated rings. The highest BCUT2D eigenvalue weighted by molar-refractivity contribution is 8.00. The Balaban J connectivity index is 1.91. The number of nitrogens with zero attached hydrogens (tertiary/aromatic N) is 2. The number of rotatable bonds is 8. The van der Waals surface area contributed by atoms with Crippen molar-refractivity contribution in [3.63, 3.8) is 0 Å². The number of carboxylic acid groups (broad SMARTS) is 1. The Bertz CT molecular complexity index is 1190. The van der Waals surface area contributed by atoms with E-state index in [2.05, 4.69) is 4.72 Å². The van der Waals surface area contributed by atoms with Crippen molar-refractivity contribution in [3.05, 3.63) is 65.7 Å². The van der Waals surface area contributed by atoms with Crippen LogP contribution in [0.5, 0.6) is 0 Å². The predicted octanol–water partition coefficient (Wildman–Crippen LogP) is 1.57. The molecule has 0 aromatic heterocycles. The van der Waals surface area contributed by atoms with E-state index in [1.165, 1.54) is 36.0 Å². The average Bonchev–Trinajstić information content (AvgIpc) is 3.13. The molecular weight excluding hydrogens is 478 g/mol. The van der Waals surface area contributed by atoms with E-state index in [0.717, 1.165) is 4.90 Å². The average molecular weight is 504 g/mol. The van der Waals surface area contributed by atoms with E-state index in [9.17, 15) is 28.2 Å². The van der Waals surface area contributed by atoms with Gasteiger partial charge in [-0.3, -0.25) is 4.79 Å². The molecule has 2 aromatic rings. The van der Waals surface area contributed by atoms with Gasteiger partial charge in [0.05, 0.1) is 28.4 Å². The highest BCUT2D eigenvalue weighted by Gasteiger charge is 2.50. The van der Waals surface area contributed by atoms with Crippen molar-refractivity contribution in [2.24, 2.45) is 0 Å². The fourth-order valence-electron chi connectivity index (χ4n) is 3.79. The van der Waals surface area contributed by atoms with Crippen LogP contribution in [0.4, 0.5) is 0 Å². The van der Waals surface area contributed by atoms with Gasteiger partial charge >= 0.3 is 5.97 Å². The number of nitriles is 1. The van der Waals surface area contributed by atoms with Crippen LogP contribution in [0.15, 0.2) is 59.5 Å². The SMILES string of the molecule is CC1(C)SCN(C(=O)[C@@H](O)[C@H](Cc2ccccc2)NS(=O)(=O)c2ccc(C#N)cc2)C1C(=O)O. The molecule has 1 aliphatic rings. The van der Waals surface area contributed by atoms with Crippen LogP contribution in [0, 0.1) is 11.3 Å². The van der Waals surface area contributed by atoms with Crippen LogP contribution in [0.3, 0.4) is 0 Å². The zero-order valence-corrected chi connectivity index (χ0v) is 20.2. The number of amides is 1. The van der Waals surface area contributed by atoms with Crippen molar-refractivity contribution in [1.29, 1.82) is 5.26 Å². The van der Waals surface area contributed by atoms with Crippen LogP contribution in [0.1, 0.15) is 25.0 Å². The Morgan fingerprint density at radius 1 is 1.21 bits per heavy atom. The van der Waals surface area contributed by atoms with Gasteiger partial charge in [0.1, 0.15) is 12.1 Å². The normalized spacial score (nSPS) is 19.2. The Labute approximate surface area is 202 Å². The third-order valence-electron chi connectivity index (χ3n) is 5.60. The third kappa shape index (κ3) is 5.59. The molecule has 9 nitrogen and oxygen atoms in total. The summed E-state index contributed by atoms with van der Waals surface area (Å²) in [6.45, 7) is 3.40. The van der Waals surface area contributed by atoms with Gasteiger partial charge in [0.2, 0.25) is 10.0 Å². The van der Waals surface area contributed by atoms with Crippen LogP contribution >= 0.6 is 11.8 Å². The summed E-state index contributed by atoms with van der Waals surface area (Å²) in [5.74, 6) is -2.01. The van der Waals surface area contributed by atoms with Crippen LogP contribution < -0.4 is 4.72 Å². The summed E-state index contributed by atoms with van der Waals surface area (Å²) in [7, 11) is -4.17. The van der Waals surface area contributed by atoms with E-state index in [4.69, 9.17) is 5.26 Å². The van der Waals surface area contributed by atoms with Gasteiger partial charge in [-0.25, -0.2) is 17.9 Å². The molecule has 0 aliphatic carbocycles. The zero-order valence-electron chi connectivity index (χ0n) is 18.6. The van der Waals surface area contributed by atoms with Crippen molar-refractivity contribution in [3.8, 4) is 6.07 Å². The van der Waals surface area contributed by atoms with Crippen LogP contribution in [0.25, 0.3) is 0 Å². The molecule has 180 valence electrons. The Morgan fingerprint density at radius 2 is 1.82 bits per heavy atom. The van der Waals surface area contributed by atoms with Gasteiger partial charge in [-0.1, -0.05) is 30.3 Å². The van der Waals surface area contributed by atoms with E-state index >= 15 is 0 Å². The lowest BCUT2D eigenvalue weighted by Crippen LogP contribution is -2.56. The van der Waals surface area contributed by atoms with E-state index in [1.807, 2.05) is 6.07 Å². The Hall–Kier alpha value is -2.91. The van der Waals surface area contributed by atoms with Crippen LogP contribution in [0.2, 0.25) is 0 Å². The molecule has 0 saturated carbocycles. The quantitative estimate of drug-likeness (QED) is 0.492. The van der Waals surface area contributed by atoms with E-state index in [1.54, 1.807) is 44.2 Å². The van der Waals surface area contributed by atoms with Crippen molar-refractivity contribution in [2.45, 2.75) is 48.1 Å². The number of carboxylic acids is 1. The number of thioether (sulfide) groups is 1. The molecule has 1 unspecified atom stereocenters. The second-order valence-electron chi connectivity index (χ2n) is 8.42. The Morgan fingerprint density at radius 3 is 2.38 bits per heavy atom. The number of hydrogen-bond acceptors (Lipinski definition) is 7. The van der Waals surface area contributed by atoms with Gasteiger partial charge in [-0.2, -0.15) is 5.26 Å². The topological polar surface area (TPSA) is 148 Å². The minimum atomic E-state index is -4.17. The number of carbonyl (C=O) groups excluding carboxylic acids is 1. The molecule has 0 bridgehead atoms. The molecule has 1 aliphatic heterocycles. The minimum Gasteiger partial charge on any atom is -0.480 e. The number of sulfonamides is 1. The minimum absolute atomic E-state index is 0.00856. The van der Waals surface area contributed by atoms with E-state index in [-0.39, 0.29) is 22.8 Å². The fraction of sp³-hybridized carbons (Fsp3) is 0.348. The maximum absolute atomic E-state index is 13.2. The number of aliphatic hydroxyl groups excluding tert-OH is 1. The predicted molar refractivity (Wildman–Crippen MR) is 126 cm³/mol. The first-order chi connectivity index (χ1) is 16.0. The smallest absolute Gasteiger partial charge is 0.327 e. The lowest BCUT2D eigenvalue weighted by atomic mass is 9.98. The molecule has 11 heteroatoms. The zero-order chi connectivity index (χ0) is 25.1. The first-order valence-electron chi connectivity index (χ1n) is 10.4. The lowest BCUT2D eigenvalue weighted by molar-refractivity contribution is -0.154. The summed E-state index contributed by atoms with van der Waals surface area (Å²) < 4.78 is 27.7. The van der Waals surface area contributed by atoms with E-state index < -0.39 is 44.8 Å². The molecule has 3 rings (SSSR count). The monoisotopic (exact) mass is 503 g/mol. The van der Waals surface area contributed by atoms with Gasteiger partial charge in [-0.05, 0) is 50.1 Å². The van der Waals surface area contributed by atoms with Crippen molar-refractivity contribution >= 4 is 33.7 Å². The van der Waals surface area contributed by atoms with Gasteiger partial charge in [0, 0.05) is 4.75 Å². The molecule has 3 N–H and O–H groups in total. The number of hydrogen-bond donors (Lipinski definition) is 3. The molecule has 34 heavy (non-hydrogen) atoms. The fourth-order valence-corrected chi connectivity index (χ4v) is 6.17. The van der Waals surface area contributed by atoms with Gasteiger partial charge in [0.15, 0.2) is 0 Å². The maximum Gasteiger partial charge on any atom is 0.327 e. The van der Waals surface area contributed by atoms with Crippen LogP contribution in [-0.2, 0) is 26.0 Å². The van der Waals surface area contributed by atoms with Gasteiger partial charge in [0.25, 0.3) is 5.91 Å². The molecule has 0 radical (unpaired) electrons. The van der Waals surface area contributed by atoms with Crippen molar-refractivity contribution < 1.29 is 28.2 Å². The standard InChI is InChI=1S/C23H25N3O6S2/c1-23(2)20(22(29)30)26(14-33-23)21(28)19(27)18(12-15-6-4-3-5-7-15)25-34(31,32)17-10-8-16(13-24)9-11-17/h3-11,18-20,25,27H,12,14H2,1-2H3,(H,29,30)/t18-,19-,20?/m0/s1. The Kier molecular flexibility index (Phi) is 7.67. The first-order valence-corrected chi connectivity index (χ1v) is 12.8. The van der Waals surface area contributed by atoms with Crippen molar-refractivity contribution in [2.75, 3.05) is 5.88 Å². The third-order valence-corrected chi connectivity index (χ3v) is 8.48. The highest BCUT2D eigenvalue weighted by Crippen LogP contribution is 2.39. The lowest BCUT2D eigenvalue weighted by Gasteiger charge is -2.31. The number of aliphatic carboxylic acids is 1. The summed E-state index contributed by atoms with van der Waals surface area (Å²) >= 11 is 1.27. The molecular formula is C23H25N3O6S2. The maximum atomic E-state index is 13.2. The number of benzene rings is 2. The van der Waals surface area contributed by atoms with Gasteiger partial charge < -0.3 is 15.1 Å². The summed E-state index contributed by atoms with van der Waals surface area (Å²) in [5, 5.41) is 29.6. The van der Waals surface area contributed by atoms with Crippen molar-refractivity contribution in [1.82, 2.24) is 9.62 Å². The number of nitrogens with one attached hydrogen (secondary N) is 1. The number of carbonyl (C=O) groups is 2. The summed E-state index contributed by atoms with van der Waals surface area (Å²) in [5.41, 5.74) is 0.955. The molecule has 1 heterocycles. The summed E-state index contributed by atoms with van der Waals surface area (Å²) in [6.07, 6.45) is -1.84. The molecule has 3 atom stereocenters. The molecule has 1 amide bonds. The summed E-state index contributed by atoms with van der Waals surface area (Å²) in [6, 6.07) is 13.4. The largest absolute Gasteiger partial charge is 0.480 e. The molecule has 1 saturated heterocycles. The second-order valence-corrected chi connectivity index (χ2v) is 11.7. The second kappa shape index (κ2) is 10.1. The van der Waals surface area contributed by atoms with E-state index in [0.29, 0.717) is 5.56 Å². The molecule has 2 aromatic carbocycles.